The molecule has 2 aliphatic rings. The molecule has 2 fully saturated rings. The average molecular weight is 293 g/mol. The van der Waals surface area contributed by atoms with Crippen molar-refractivity contribution in [2.45, 2.75) is 44.1 Å². The number of hydrogen-bond acceptors (Lipinski definition) is 5. The minimum atomic E-state index is -0.651. The molecule has 1 aliphatic heterocycles. The molecule has 6 nitrogen and oxygen atoms in total. The van der Waals surface area contributed by atoms with E-state index in [1.807, 2.05) is 4.90 Å². The lowest BCUT2D eigenvalue weighted by Crippen LogP contribution is -2.50. The molecule has 0 radical (unpaired) electrons. The van der Waals surface area contributed by atoms with Crippen molar-refractivity contribution in [3.8, 4) is 6.07 Å². The molecule has 21 heavy (non-hydrogen) atoms. The van der Waals surface area contributed by atoms with Crippen LogP contribution in [0.1, 0.15) is 38.5 Å². The van der Waals surface area contributed by atoms with E-state index in [4.69, 9.17) is 4.74 Å². The number of nitriles is 1. The summed E-state index contributed by atoms with van der Waals surface area (Å²) in [4.78, 5) is 25.6. The topological polar surface area (TPSA) is 82.4 Å². The van der Waals surface area contributed by atoms with Gasteiger partial charge in [-0.15, -0.1) is 0 Å². The number of likely N-dealkylation sites (tertiary alicyclic amines) is 1. The monoisotopic (exact) mass is 293 g/mol. The number of methoxy groups -OCH3 is 1. The van der Waals surface area contributed by atoms with Gasteiger partial charge in [0.25, 0.3) is 0 Å². The molecule has 1 amide bonds. The molecular formula is C15H23N3O3. The van der Waals surface area contributed by atoms with E-state index in [1.54, 1.807) is 0 Å². The van der Waals surface area contributed by atoms with Gasteiger partial charge >= 0.3 is 5.97 Å². The van der Waals surface area contributed by atoms with Crippen LogP contribution in [0.4, 0.5) is 0 Å². The molecule has 116 valence electrons. The van der Waals surface area contributed by atoms with Gasteiger partial charge in [-0.1, -0.05) is 0 Å². The van der Waals surface area contributed by atoms with E-state index >= 15 is 0 Å². The summed E-state index contributed by atoms with van der Waals surface area (Å²) in [5.74, 6) is -0.293. The van der Waals surface area contributed by atoms with Gasteiger partial charge in [0.05, 0.1) is 25.6 Å². The largest absolute Gasteiger partial charge is 0.469 e. The molecule has 1 N–H and O–H groups in total. The number of carbonyl (C=O) groups excluding carboxylic acids is 2. The van der Waals surface area contributed by atoms with Gasteiger partial charge in [-0.25, -0.2) is 0 Å². The predicted octanol–water partition coefficient (Wildman–Crippen LogP) is 0.824. The molecule has 0 atom stereocenters. The first-order valence-corrected chi connectivity index (χ1v) is 7.61. The predicted molar refractivity (Wildman–Crippen MR) is 76.1 cm³/mol. The molecule has 0 unspecified atom stereocenters. The molecule has 6 heteroatoms. The molecule has 1 heterocycles. The molecule has 0 aromatic rings. The number of nitrogens with one attached hydrogen (secondary N) is 1. The van der Waals surface area contributed by atoms with Gasteiger partial charge in [-0.3, -0.25) is 14.5 Å². The van der Waals surface area contributed by atoms with Crippen LogP contribution in [-0.2, 0) is 14.3 Å². The summed E-state index contributed by atoms with van der Waals surface area (Å²) in [6, 6.07) is 2.26. The summed E-state index contributed by atoms with van der Waals surface area (Å²) in [6.45, 7) is 1.73. The molecule has 0 spiro atoms. The molecule has 1 aliphatic carbocycles. The standard InChI is InChI=1S/C15H23N3O3/c1-21-14(20)12-4-8-18(9-5-12)10-13(19)17-15(11-16)6-2-3-7-15/h12H,2-10H2,1H3,(H,17,19). The van der Waals surface area contributed by atoms with E-state index in [0.29, 0.717) is 19.6 Å². The number of rotatable bonds is 4. The summed E-state index contributed by atoms with van der Waals surface area (Å²) in [7, 11) is 1.41. The highest BCUT2D eigenvalue weighted by Gasteiger charge is 2.36. The molecule has 0 aromatic heterocycles. The minimum absolute atomic E-state index is 0.0467. The second kappa shape index (κ2) is 6.90. The summed E-state index contributed by atoms with van der Waals surface area (Å²) < 4.78 is 4.75. The van der Waals surface area contributed by atoms with Crippen LogP contribution in [0, 0.1) is 17.2 Å². The van der Waals surface area contributed by atoms with Crippen molar-refractivity contribution in [3.05, 3.63) is 0 Å². The lowest BCUT2D eigenvalue weighted by Gasteiger charge is -2.31. The third kappa shape index (κ3) is 3.94. The van der Waals surface area contributed by atoms with Crippen LogP contribution in [0.15, 0.2) is 0 Å². The second-order valence-corrected chi connectivity index (χ2v) is 6.02. The van der Waals surface area contributed by atoms with Crippen molar-refractivity contribution in [3.63, 3.8) is 0 Å². The van der Waals surface area contributed by atoms with Crippen LogP contribution in [0.3, 0.4) is 0 Å². The van der Waals surface area contributed by atoms with Gasteiger partial charge in [-0.2, -0.15) is 5.26 Å². The Kier molecular flexibility index (Phi) is 5.18. The molecular weight excluding hydrogens is 270 g/mol. The lowest BCUT2D eigenvalue weighted by molar-refractivity contribution is -0.147. The normalized spacial score (nSPS) is 22.5. The van der Waals surface area contributed by atoms with Crippen molar-refractivity contribution in [2.24, 2.45) is 5.92 Å². The van der Waals surface area contributed by atoms with Crippen molar-refractivity contribution in [1.29, 1.82) is 5.26 Å². The highest BCUT2D eigenvalue weighted by atomic mass is 16.5. The highest BCUT2D eigenvalue weighted by molar-refractivity contribution is 5.79. The van der Waals surface area contributed by atoms with Crippen LogP contribution in [-0.4, -0.2) is 49.1 Å². The Labute approximate surface area is 125 Å². The number of ether oxygens (including phenoxy) is 1. The van der Waals surface area contributed by atoms with Crippen LogP contribution in [0.5, 0.6) is 0 Å². The van der Waals surface area contributed by atoms with Crippen LogP contribution in [0.25, 0.3) is 0 Å². The average Bonchev–Trinajstić information content (AvgIpc) is 2.96. The number of nitrogens with zero attached hydrogens (tertiary/aromatic N) is 2. The van der Waals surface area contributed by atoms with Crippen molar-refractivity contribution >= 4 is 11.9 Å². The number of amides is 1. The summed E-state index contributed by atoms with van der Waals surface area (Å²) in [5, 5.41) is 12.2. The maximum absolute atomic E-state index is 12.1. The van der Waals surface area contributed by atoms with Gasteiger partial charge in [0, 0.05) is 0 Å². The Hall–Kier alpha value is -1.61. The molecule has 0 aromatic carbocycles. The van der Waals surface area contributed by atoms with Gasteiger partial charge in [-0.05, 0) is 51.6 Å². The second-order valence-electron chi connectivity index (χ2n) is 6.02. The van der Waals surface area contributed by atoms with E-state index in [1.165, 1.54) is 7.11 Å². The first kappa shape index (κ1) is 15.8. The Balaban J connectivity index is 1.77. The summed E-state index contributed by atoms with van der Waals surface area (Å²) in [6.07, 6.45) is 4.95. The van der Waals surface area contributed by atoms with Crippen LogP contribution >= 0.6 is 0 Å². The smallest absolute Gasteiger partial charge is 0.308 e. The molecule has 2 rings (SSSR count). The third-order valence-corrected chi connectivity index (χ3v) is 4.54. The Morgan fingerprint density at radius 3 is 2.48 bits per heavy atom. The molecule has 1 saturated heterocycles. The molecule has 1 saturated carbocycles. The minimum Gasteiger partial charge on any atom is -0.469 e. The summed E-state index contributed by atoms with van der Waals surface area (Å²) >= 11 is 0. The Morgan fingerprint density at radius 2 is 1.95 bits per heavy atom. The van der Waals surface area contributed by atoms with E-state index in [-0.39, 0.29) is 17.8 Å². The quantitative estimate of drug-likeness (QED) is 0.776. The van der Waals surface area contributed by atoms with Crippen LogP contribution < -0.4 is 5.32 Å². The number of esters is 1. The zero-order valence-electron chi connectivity index (χ0n) is 12.6. The zero-order chi connectivity index (χ0) is 15.3. The van der Waals surface area contributed by atoms with E-state index in [9.17, 15) is 14.9 Å². The third-order valence-electron chi connectivity index (χ3n) is 4.54. The van der Waals surface area contributed by atoms with Gasteiger partial charge < -0.3 is 10.1 Å². The van der Waals surface area contributed by atoms with Gasteiger partial charge in [0.15, 0.2) is 0 Å². The van der Waals surface area contributed by atoms with Gasteiger partial charge in [0.1, 0.15) is 5.54 Å². The lowest BCUT2D eigenvalue weighted by atomic mass is 9.97. The first-order valence-electron chi connectivity index (χ1n) is 7.61. The van der Waals surface area contributed by atoms with Crippen molar-refractivity contribution in [1.82, 2.24) is 10.2 Å². The maximum Gasteiger partial charge on any atom is 0.308 e. The fourth-order valence-corrected chi connectivity index (χ4v) is 3.25. The fraction of sp³-hybridized carbons (Fsp3) is 0.800. The zero-order valence-corrected chi connectivity index (χ0v) is 12.6. The Bertz CT molecular complexity index is 430. The SMILES string of the molecule is COC(=O)C1CCN(CC(=O)NC2(C#N)CCCC2)CC1. The van der Waals surface area contributed by atoms with Crippen molar-refractivity contribution < 1.29 is 14.3 Å². The first-order chi connectivity index (χ1) is 10.1. The molecule has 0 bridgehead atoms. The summed E-state index contributed by atoms with van der Waals surface area (Å²) in [5.41, 5.74) is -0.651. The van der Waals surface area contributed by atoms with Gasteiger partial charge in [0.2, 0.25) is 5.91 Å². The number of carbonyl (C=O) groups is 2. The van der Waals surface area contributed by atoms with E-state index in [2.05, 4.69) is 11.4 Å². The number of hydrogen-bond donors (Lipinski definition) is 1. The fourth-order valence-electron chi connectivity index (χ4n) is 3.25. The number of piperidine rings is 1. The Morgan fingerprint density at radius 1 is 1.33 bits per heavy atom. The maximum atomic E-state index is 12.1. The van der Waals surface area contributed by atoms with Crippen molar-refractivity contribution in [2.75, 3.05) is 26.7 Å². The van der Waals surface area contributed by atoms with Crippen LogP contribution in [0.2, 0.25) is 0 Å². The highest BCUT2D eigenvalue weighted by Crippen LogP contribution is 2.28. The van der Waals surface area contributed by atoms with E-state index in [0.717, 1.165) is 38.5 Å². The van der Waals surface area contributed by atoms with E-state index < -0.39 is 5.54 Å².